The first kappa shape index (κ1) is 25.4. The molecule has 2 aliphatic heterocycles. The molecule has 2 unspecified atom stereocenters. The number of nitrogens with zero attached hydrogens (tertiary/aromatic N) is 3. The van der Waals surface area contributed by atoms with Crippen molar-refractivity contribution in [2.45, 2.75) is 50.0 Å². The highest BCUT2D eigenvalue weighted by molar-refractivity contribution is 5.94. The van der Waals surface area contributed by atoms with Crippen LogP contribution in [-0.2, 0) is 11.2 Å². The van der Waals surface area contributed by atoms with Crippen molar-refractivity contribution in [2.24, 2.45) is 5.92 Å². The van der Waals surface area contributed by atoms with Gasteiger partial charge in [0, 0.05) is 24.0 Å². The van der Waals surface area contributed by atoms with Crippen LogP contribution in [0.25, 0.3) is 22.0 Å². The van der Waals surface area contributed by atoms with Gasteiger partial charge in [-0.25, -0.2) is 8.78 Å². The highest BCUT2D eigenvalue weighted by Gasteiger charge is 2.47. The molecule has 2 aromatic carbocycles. The van der Waals surface area contributed by atoms with Crippen LogP contribution < -0.4 is 15.4 Å². The molecule has 1 amide bonds. The molecule has 4 aliphatic rings. The summed E-state index contributed by atoms with van der Waals surface area (Å²) >= 11 is 0. The third-order valence-corrected chi connectivity index (χ3v) is 9.28. The van der Waals surface area contributed by atoms with Gasteiger partial charge in [0.05, 0.1) is 5.54 Å². The van der Waals surface area contributed by atoms with E-state index in [1.165, 1.54) is 17.5 Å². The number of rotatable bonds is 9. The smallest absolute Gasteiger partial charge is 0.319 e. The minimum atomic E-state index is -1.05. The second kappa shape index (κ2) is 9.80. The fourth-order valence-corrected chi connectivity index (χ4v) is 7.23. The van der Waals surface area contributed by atoms with E-state index in [0.717, 1.165) is 50.8 Å². The largest absolute Gasteiger partial charge is 0.461 e. The second-order valence-corrected chi connectivity index (χ2v) is 11.7. The van der Waals surface area contributed by atoms with Crippen LogP contribution in [0, 0.1) is 11.7 Å². The van der Waals surface area contributed by atoms with Crippen LogP contribution in [0.4, 0.5) is 14.6 Å². The van der Waals surface area contributed by atoms with E-state index in [-0.39, 0.29) is 30.2 Å². The van der Waals surface area contributed by atoms with Crippen LogP contribution in [0.2, 0.25) is 0 Å². The Labute approximate surface area is 232 Å². The molecule has 3 heterocycles. The van der Waals surface area contributed by atoms with E-state index >= 15 is 4.39 Å². The SMILES string of the molecule is C=C(F)C(=O)NCCNc1nc(OCC23CCCN2CCC3)nc2c(F)c(-c3cccc4c3C3CC3C4)ccc12. The Morgan fingerprint density at radius 1 is 1.12 bits per heavy atom. The van der Waals surface area contributed by atoms with Gasteiger partial charge in [0.2, 0.25) is 0 Å². The molecule has 208 valence electrons. The summed E-state index contributed by atoms with van der Waals surface area (Å²) in [5.41, 5.74) is 4.28. The minimum Gasteiger partial charge on any atom is -0.461 e. The first-order valence-corrected chi connectivity index (χ1v) is 14.3. The molecule has 1 aromatic heterocycles. The molecule has 7 rings (SSSR count). The zero-order valence-electron chi connectivity index (χ0n) is 22.4. The standard InChI is InChI=1S/C31H33F2N5O2/c1-18(32)29(39)35-12-11-34-28-23-8-7-22(21-6-2-5-19-15-20-16-24(20)25(19)21)26(33)27(23)36-30(37-28)40-17-31-9-3-13-38(31)14-4-10-31/h2,5-8,20,24H,1,3-4,9-17H2,(H,35,39)(H,34,36,37). The normalized spacial score (nSPS) is 22.1. The van der Waals surface area contributed by atoms with Gasteiger partial charge in [0.25, 0.3) is 5.91 Å². The number of carbonyl (C=O) groups is 1. The number of hydrogen-bond acceptors (Lipinski definition) is 6. The Morgan fingerprint density at radius 3 is 2.75 bits per heavy atom. The lowest BCUT2D eigenvalue weighted by atomic mass is 9.93. The molecule has 9 heteroatoms. The Morgan fingerprint density at radius 2 is 1.95 bits per heavy atom. The predicted molar refractivity (Wildman–Crippen MR) is 149 cm³/mol. The summed E-state index contributed by atoms with van der Waals surface area (Å²) in [5, 5.41) is 6.13. The highest BCUT2D eigenvalue weighted by Crippen LogP contribution is 2.58. The second-order valence-electron chi connectivity index (χ2n) is 11.7. The monoisotopic (exact) mass is 545 g/mol. The molecular weight excluding hydrogens is 512 g/mol. The van der Waals surface area contributed by atoms with E-state index in [0.29, 0.717) is 35.2 Å². The average Bonchev–Trinajstić information content (AvgIpc) is 3.25. The van der Waals surface area contributed by atoms with Crippen molar-refractivity contribution < 1.29 is 18.3 Å². The Balaban J connectivity index is 1.23. The number of ether oxygens (including phenoxy) is 1. The van der Waals surface area contributed by atoms with Gasteiger partial charge < -0.3 is 15.4 Å². The van der Waals surface area contributed by atoms with Gasteiger partial charge in [0.1, 0.15) is 17.9 Å². The van der Waals surface area contributed by atoms with Crippen molar-refractivity contribution in [1.29, 1.82) is 0 Å². The summed E-state index contributed by atoms with van der Waals surface area (Å²) in [5.74, 6) is -0.675. The van der Waals surface area contributed by atoms with E-state index in [1.54, 1.807) is 6.07 Å². The van der Waals surface area contributed by atoms with Gasteiger partial charge in [-0.3, -0.25) is 9.69 Å². The Kier molecular flexibility index (Phi) is 6.22. The molecule has 0 bridgehead atoms. The van der Waals surface area contributed by atoms with E-state index in [4.69, 9.17) is 4.74 Å². The first-order valence-electron chi connectivity index (χ1n) is 14.3. The molecular formula is C31H33F2N5O2. The zero-order valence-corrected chi connectivity index (χ0v) is 22.4. The summed E-state index contributed by atoms with van der Waals surface area (Å²) in [4.78, 5) is 23.2. The maximum atomic E-state index is 16.4. The number of benzene rings is 2. The number of fused-ring (bicyclic) bond motifs is 5. The van der Waals surface area contributed by atoms with Gasteiger partial charge in [-0.15, -0.1) is 0 Å². The van der Waals surface area contributed by atoms with Crippen LogP contribution >= 0.6 is 0 Å². The molecule has 2 aliphatic carbocycles. The van der Waals surface area contributed by atoms with Crippen LogP contribution in [0.3, 0.4) is 0 Å². The van der Waals surface area contributed by atoms with Gasteiger partial charge >= 0.3 is 6.01 Å². The van der Waals surface area contributed by atoms with Crippen LogP contribution in [0.15, 0.2) is 42.7 Å². The number of hydrogen-bond donors (Lipinski definition) is 2. The molecule has 1 saturated carbocycles. The lowest BCUT2D eigenvalue weighted by Crippen LogP contribution is -2.43. The maximum absolute atomic E-state index is 16.4. The Bertz CT molecular complexity index is 1520. The first-order chi connectivity index (χ1) is 19.4. The lowest BCUT2D eigenvalue weighted by molar-refractivity contribution is -0.118. The molecule has 3 fully saturated rings. The fourth-order valence-electron chi connectivity index (χ4n) is 7.23. The molecule has 40 heavy (non-hydrogen) atoms. The summed E-state index contributed by atoms with van der Waals surface area (Å²) in [6.45, 7) is 6.02. The fraction of sp³-hybridized carbons (Fsp3) is 0.452. The summed E-state index contributed by atoms with van der Waals surface area (Å²) in [6, 6.07) is 9.96. The van der Waals surface area contributed by atoms with E-state index in [9.17, 15) is 9.18 Å². The van der Waals surface area contributed by atoms with Crippen molar-refractivity contribution in [2.75, 3.05) is 38.1 Å². The number of aromatic nitrogens is 2. The molecule has 0 radical (unpaired) electrons. The van der Waals surface area contributed by atoms with Crippen LogP contribution in [0.1, 0.15) is 49.1 Å². The van der Waals surface area contributed by atoms with Gasteiger partial charge in [0.15, 0.2) is 11.6 Å². The molecule has 3 aromatic rings. The summed E-state index contributed by atoms with van der Waals surface area (Å²) in [7, 11) is 0. The molecule has 7 nitrogen and oxygen atoms in total. The van der Waals surface area contributed by atoms with Gasteiger partial charge in [-0.05, 0) is 86.2 Å². The van der Waals surface area contributed by atoms with Gasteiger partial charge in [-0.1, -0.05) is 30.8 Å². The number of anilines is 1. The van der Waals surface area contributed by atoms with Crippen molar-refractivity contribution in [3.05, 3.63) is 59.7 Å². The maximum Gasteiger partial charge on any atom is 0.319 e. The van der Waals surface area contributed by atoms with Crippen molar-refractivity contribution in [3.63, 3.8) is 0 Å². The lowest BCUT2D eigenvalue weighted by Gasteiger charge is -2.31. The predicted octanol–water partition coefficient (Wildman–Crippen LogP) is 5.11. The zero-order chi connectivity index (χ0) is 27.4. The number of nitrogens with one attached hydrogen (secondary N) is 2. The number of amides is 1. The minimum absolute atomic E-state index is 0.00323. The summed E-state index contributed by atoms with van der Waals surface area (Å²) in [6.07, 6.45) is 6.69. The molecule has 2 atom stereocenters. The number of halogens is 2. The third kappa shape index (κ3) is 4.31. The van der Waals surface area contributed by atoms with Crippen LogP contribution in [-0.4, -0.2) is 59.1 Å². The Hall–Kier alpha value is -3.59. The molecule has 2 N–H and O–H groups in total. The van der Waals surface area contributed by atoms with Crippen molar-refractivity contribution in [1.82, 2.24) is 20.2 Å². The third-order valence-electron chi connectivity index (χ3n) is 9.28. The molecule has 0 spiro atoms. The summed E-state index contributed by atoms with van der Waals surface area (Å²) < 4.78 is 35.6. The van der Waals surface area contributed by atoms with Crippen molar-refractivity contribution >= 4 is 22.6 Å². The van der Waals surface area contributed by atoms with Crippen molar-refractivity contribution in [3.8, 4) is 17.1 Å². The number of carbonyl (C=O) groups excluding carboxylic acids is 1. The highest BCUT2D eigenvalue weighted by atomic mass is 19.1. The van der Waals surface area contributed by atoms with Crippen LogP contribution in [0.5, 0.6) is 6.01 Å². The molecule has 2 saturated heterocycles. The van der Waals surface area contributed by atoms with E-state index in [2.05, 4.69) is 38.1 Å². The quantitative estimate of drug-likeness (QED) is 0.287. The topological polar surface area (TPSA) is 79.4 Å². The van der Waals surface area contributed by atoms with E-state index in [1.807, 2.05) is 18.2 Å². The average molecular weight is 546 g/mol. The van der Waals surface area contributed by atoms with Gasteiger partial charge in [-0.2, -0.15) is 9.97 Å². The van der Waals surface area contributed by atoms with E-state index < -0.39 is 17.6 Å².